The Morgan fingerprint density at radius 1 is 1.48 bits per heavy atom. The third-order valence-corrected chi connectivity index (χ3v) is 3.97. The minimum Gasteiger partial charge on any atom is -0.480 e. The fraction of sp³-hybridized carbons (Fsp3) is 0.467. The molecule has 1 fully saturated rings. The van der Waals surface area contributed by atoms with Crippen LogP contribution >= 0.6 is 0 Å². The molecule has 124 valence electrons. The largest absolute Gasteiger partial charge is 0.480 e. The molecule has 1 heterocycles. The van der Waals surface area contributed by atoms with Crippen molar-refractivity contribution in [3.63, 3.8) is 0 Å². The first-order valence-corrected chi connectivity index (χ1v) is 7.40. The maximum atomic E-state index is 12.0. The van der Waals surface area contributed by atoms with Crippen LogP contribution in [0.5, 0.6) is 0 Å². The number of hydrogen-bond acceptors (Lipinski definition) is 5. The number of aliphatic carboxylic acids is 1. The molecule has 0 bridgehead atoms. The van der Waals surface area contributed by atoms with Crippen molar-refractivity contribution in [1.82, 2.24) is 4.90 Å². The van der Waals surface area contributed by atoms with Crippen molar-refractivity contribution < 1.29 is 19.6 Å². The standard InChI is InChI=1S/C15H19N3O5/c1-10-9-11(18(22)23)4-5-12(10)16-14(19)6-8-17-7-2-3-13(17)15(20)21/h4-5,9,13H,2-3,6-8H2,1H3,(H,16,19)(H,20,21)/t13-/m0/s1. The lowest BCUT2D eigenvalue weighted by molar-refractivity contribution is -0.384. The smallest absolute Gasteiger partial charge is 0.320 e. The summed E-state index contributed by atoms with van der Waals surface area (Å²) >= 11 is 0. The summed E-state index contributed by atoms with van der Waals surface area (Å²) in [5.74, 6) is -1.09. The highest BCUT2D eigenvalue weighted by atomic mass is 16.6. The lowest BCUT2D eigenvalue weighted by Gasteiger charge is -2.20. The molecular formula is C15H19N3O5. The number of hydrogen-bond donors (Lipinski definition) is 2. The molecule has 1 amide bonds. The number of carboxylic acid groups (broad SMARTS) is 1. The number of nitro groups is 1. The summed E-state index contributed by atoms with van der Waals surface area (Å²) in [5.41, 5.74) is 1.11. The molecule has 1 aromatic carbocycles. The van der Waals surface area contributed by atoms with E-state index in [0.717, 1.165) is 6.42 Å². The van der Waals surface area contributed by atoms with Crippen LogP contribution in [0.3, 0.4) is 0 Å². The first kappa shape index (κ1) is 16.9. The molecule has 1 saturated heterocycles. The molecule has 8 heteroatoms. The molecule has 0 spiro atoms. The number of amides is 1. The van der Waals surface area contributed by atoms with Crippen molar-refractivity contribution in [3.8, 4) is 0 Å². The van der Waals surface area contributed by atoms with E-state index in [-0.39, 0.29) is 18.0 Å². The number of aryl methyl sites for hydroxylation is 1. The minimum atomic E-state index is -0.853. The van der Waals surface area contributed by atoms with Crippen molar-refractivity contribution in [2.24, 2.45) is 0 Å². The highest BCUT2D eigenvalue weighted by Crippen LogP contribution is 2.22. The number of non-ortho nitro benzene ring substituents is 1. The molecule has 0 saturated carbocycles. The number of nitro benzene ring substituents is 1. The van der Waals surface area contributed by atoms with Crippen molar-refractivity contribution >= 4 is 23.3 Å². The monoisotopic (exact) mass is 321 g/mol. The van der Waals surface area contributed by atoms with Crippen molar-refractivity contribution in [2.75, 3.05) is 18.4 Å². The summed E-state index contributed by atoms with van der Waals surface area (Å²) < 4.78 is 0. The Bertz CT molecular complexity index is 632. The van der Waals surface area contributed by atoms with E-state index < -0.39 is 16.9 Å². The van der Waals surface area contributed by atoms with Crippen LogP contribution in [0.2, 0.25) is 0 Å². The highest BCUT2D eigenvalue weighted by Gasteiger charge is 2.30. The second-order valence-electron chi connectivity index (χ2n) is 5.59. The zero-order chi connectivity index (χ0) is 17.0. The Balaban J connectivity index is 1.90. The molecule has 1 aromatic rings. The van der Waals surface area contributed by atoms with E-state index in [1.54, 1.807) is 11.8 Å². The van der Waals surface area contributed by atoms with Crippen molar-refractivity contribution in [2.45, 2.75) is 32.2 Å². The Hall–Kier alpha value is -2.48. The molecule has 1 aliphatic heterocycles. The number of anilines is 1. The molecule has 0 aromatic heterocycles. The molecule has 2 N–H and O–H groups in total. The SMILES string of the molecule is Cc1cc([N+](=O)[O-])ccc1NC(=O)CCN1CCC[C@H]1C(=O)O. The first-order chi connectivity index (χ1) is 10.9. The van der Waals surface area contributed by atoms with E-state index in [0.29, 0.717) is 30.8 Å². The zero-order valence-electron chi connectivity index (χ0n) is 12.8. The predicted octanol–water partition coefficient (Wildman–Crippen LogP) is 1.78. The molecule has 0 radical (unpaired) electrons. The minimum absolute atomic E-state index is 0.0261. The molecule has 8 nitrogen and oxygen atoms in total. The molecule has 0 unspecified atom stereocenters. The van der Waals surface area contributed by atoms with E-state index in [2.05, 4.69) is 5.32 Å². The van der Waals surface area contributed by atoms with E-state index in [1.807, 2.05) is 0 Å². The first-order valence-electron chi connectivity index (χ1n) is 7.40. The van der Waals surface area contributed by atoms with Gasteiger partial charge in [-0.05, 0) is 37.9 Å². The third kappa shape index (κ3) is 4.26. The molecule has 2 rings (SSSR count). The number of carboxylic acids is 1. The van der Waals surface area contributed by atoms with Crippen molar-refractivity contribution in [1.29, 1.82) is 0 Å². The number of nitrogens with zero attached hydrogens (tertiary/aromatic N) is 2. The van der Waals surface area contributed by atoms with Crippen LogP contribution < -0.4 is 5.32 Å². The fourth-order valence-electron chi connectivity index (χ4n) is 2.73. The number of likely N-dealkylation sites (tertiary alicyclic amines) is 1. The lowest BCUT2D eigenvalue weighted by Crippen LogP contribution is -2.37. The maximum absolute atomic E-state index is 12.0. The van der Waals surface area contributed by atoms with Gasteiger partial charge in [0.2, 0.25) is 5.91 Å². The van der Waals surface area contributed by atoms with E-state index in [9.17, 15) is 19.7 Å². The van der Waals surface area contributed by atoms with Gasteiger partial charge in [0.1, 0.15) is 6.04 Å². The number of carbonyl (C=O) groups is 2. The van der Waals surface area contributed by atoms with Crippen LogP contribution in [0, 0.1) is 17.0 Å². The van der Waals surface area contributed by atoms with Gasteiger partial charge in [0, 0.05) is 30.8 Å². The third-order valence-electron chi connectivity index (χ3n) is 3.97. The Morgan fingerprint density at radius 3 is 2.83 bits per heavy atom. The van der Waals surface area contributed by atoms with Gasteiger partial charge in [-0.1, -0.05) is 0 Å². The fourth-order valence-corrected chi connectivity index (χ4v) is 2.73. The molecule has 1 atom stereocenters. The predicted molar refractivity (Wildman–Crippen MR) is 83.3 cm³/mol. The van der Waals surface area contributed by atoms with Gasteiger partial charge in [0.05, 0.1) is 4.92 Å². The van der Waals surface area contributed by atoms with Gasteiger partial charge < -0.3 is 10.4 Å². The normalized spacial score (nSPS) is 17.9. The Kier molecular flexibility index (Phi) is 5.28. The van der Waals surface area contributed by atoms with Crippen LogP contribution in [-0.2, 0) is 9.59 Å². The highest BCUT2D eigenvalue weighted by molar-refractivity contribution is 5.91. The van der Waals surface area contributed by atoms with Crippen LogP contribution in [0.4, 0.5) is 11.4 Å². The van der Waals surface area contributed by atoms with E-state index in [4.69, 9.17) is 5.11 Å². The van der Waals surface area contributed by atoms with Gasteiger partial charge >= 0.3 is 5.97 Å². The van der Waals surface area contributed by atoms with Gasteiger partial charge in [-0.2, -0.15) is 0 Å². The van der Waals surface area contributed by atoms with Gasteiger partial charge in [-0.3, -0.25) is 24.6 Å². The molecule has 0 aliphatic carbocycles. The molecular weight excluding hydrogens is 302 g/mol. The van der Waals surface area contributed by atoms with E-state index in [1.165, 1.54) is 18.2 Å². The average molecular weight is 321 g/mol. The summed E-state index contributed by atoms with van der Waals surface area (Å²) in [7, 11) is 0. The van der Waals surface area contributed by atoms with Gasteiger partial charge in [0.15, 0.2) is 0 Å². The van der Waals surface area contributed by atoms with Crippen molar-refractivity contribution in [3.05, 3.63) is 33.9 Å². The maximum Gasteiger partial charge on any atom is 0.320 e. The number of benzene rings is 1. The zero-order valence-corrected chi connectivity index (χ0v) is 12.8. The summed E-state index contributed by atoms with van der Waals surface area (Å²) in [6, 6.07) is 3.73. The van der Waals surface area contributed by atoms with Gasteiger partial charge in [0.25, 0.3) is 5.69 Å². The van der Waals surface area contributed by atoms with Crippen LogP contribution in [0.1, 0.15) is 24.8 Å². The average Bonchev–Trinajstić information content (AvgIpc) is 2.95. The van der Waals surface area contributed by atoms with Gasteiger partial charge in [-0.25, -0.2) is 0 Å². The van der Waals surface area contributed by atoms with Crippen LogP contribution in [-0.4, -0.2) is 45.9 Å². The Labute approximate surface area is 133 Å². The summed E-state index contributed by atoms with van der Waals surface area (Å²) in [6.07, 6.45) is 1.61. The number of nitrogens with one attached hydrogen (secondary N) is 1. The quantitative estimate of drug-likeness (QED) is 0.610. The van der Waals surface area contributed by atoms with E-state index >= 15 is 0 Å². The summed E-state index contributed by atoms with van der Waals surface area (Å²) in [6.45, 7) is 2.75. The van der Waals surface area contributed by atoms with Gasteiger partial charge in [-0.15, -0.1) is 0 Å². The topological polar surface area (TPSA) is 113 Å². The summed E-state index contributed by atoms with van der Waals surface area (Å²) in [4.78, 5) is 35.1. The molecule has 1 aliphatic rings. The van der Waals surface area contributed by atoms with Crippen LogP contribution in [0.15, 0.2) is 18.2 Å². The molecule has 23 heavy (non-hydrogen) atoms. The van der Waals surface area contributed by atoms with Crippen LogP contribution in [0.25, 0.3) is 0 Å². The second-order valence-corrected chi connectivity index (χ2v) is 5.59. The number of carbonyl (C=O) groups excluding carboxylic acids is 1. The lowest BCUT2D eigenvalue weighted by atomic mass is 10.1. The second kappa shape index (κ2) is 7.19. The summed E-state index contributed by atoms with van der Waals surface area (Å²) in [5, 5.41) is 22.5. The number of rotatable bonds is 6. The Morgan fingerprint density at radius 2 is 2.22 bits per heavy atom.